The lowest BCUT2D eigenvalue weighted by Gasteiger charge is -2.24. The summed E-state index contributed by atoms with van der Waals surface area (Å²) in [6.45, 7) is 7.00. The van der Waals surface area contributed by atoms with Gasteiger partial charge in [-0.2, -0.15) is 0 Å². The molecule has 1 amide bonds. The van der Waals surface area contributed by atoms with Crippen molar-refractivity contribution in [2.45, 2.75) is 33.1 Å². The average Bonchev–Trinajstić information content (AvgIpc) is 2.40. The molecule has 0 saturated carbocycles. The molecule has 20 heavy (non-hydrogen) atoms. The number of carbonyl (C=O) groups is 2. The van der Waals surface area contributed by atoms with Gasteiger partial charge >= 0.3 is 5.97 Å². The summed E-state index contributed by atoms with van der Waals surface area (Å²) in [4.78, 5) is 25.4. The van der Waals surface area contributed by atoms with E-state index in [1.807, 2.05) is 39.0 Å². The summed E-state index contributed by atoms with van der Waals surface area (Å²) in [6, 6.07) is 9.11. The second-order valence-corrected chi connectivity index (χ2v) is 4.97. The molecule has 1 rings (SSSR count). The first-order chi connectivity index (χ1) is 9.51. The molecule has 4 nitrogen and oxygen atoms in total. The Morgan fingerprint density at radius 2 is 1.70 bits per heavy atom. The van der Waals surface area contributed by atoms with E-state index in [2.05, 4.69) is 0 Å². The Morgan fingerprint density at radius 1 is 1.15 bits per heavy atom. The van der Waals surface area contributed by atoms with E-state index in [9.17, 15) is 14.7 Å². The van der Waals surface area contributed by atoms with Crippen molar-refractivity contribution in [3.8, 4) is 0 Å². The van der Waals surface area contributed by atoms with E-state index in [1.54, 1.807) is 17.0 Å². The summed E-state index contributed by atoms with van der Waals surface area (Å²) in [5, 5.41) is 9.44. The summed E-state index contributed by atoms with van der Waals surface area (Å²) in [5.74, 6) is -1.74. The molecular formula is C16H23NO3. The van der Waals surface area contributed by atoms with Crippen molar-refractivity contribution in [3.05, 3.63) is 35.9 Å². The number of carbonyl (C=O) groups excluding carboxylic acids is 1. The lowest BCUT2D eigenvalue weighted by molar-refractivity contribution is -0.140. The van der Waals surface area contributed by atoms with Gasteiger partial charge in [0.1, 0.15) is 0 Å². The molecule has 0 unspecified atom stereocenters. The molecular weight excluding hydrogens is 254 g/mol. The summed E-state index contributed by atoms with van der Waals surface area (Å²) in [6.07, 6.45) is 0.257. The zero-order chi connectivity index (χ0) is 15.1. The summed E-state index contributed by atoms with van der Waals surface area (Å²) >= 11 is 0. The molecule has 0 aliphatic carbocycles. The first kappa shape index (κ1) is 16.2. The number of benzene rings is 1. The second-order valence-electron chi connectivity index (χ2n) is 4.97. The normalized spacial score (nSPS) is 13.6. The van der Waals surface area contributed by atoms with Crippen LogP contribution in [0.1, 0.15) is 38.7 Å². The maximum atomic E-state index is 12.1. The molecule has 1 aromatic carbocycles. The van der Waals surface area contributed by atoms with Crippen molar-refractivity contribution < 1.29 is 14.7 Å². The third kappa shape index (κ3) is 4.08. The number of rotatable bonds is 7. The summed E-state index contributed by atoms with van der Waals surface area (Å²) in [5.41, 5.74) is 0.750. The molecule has 4 heteroatoms. The van der Waals surface area contributed by atoms with E-state index >= 15 is 0 Å². The van der Waals surface area contributed by atoms with Gasteiger partial charge in [-0.3, -0.25) is 9.59 Å². The Balaban J connectivity index is 2.83. The van der Waals surface area contributed by atoms with Crippen LogP contribution in [-0.4, -0.2) is 35.0 Å². The minimum atomic E-state index is -0.879. The number of hydrogen-bond acceptors (Lipinski definition) is 2. The molecule has 0 aromatic heterocycles. The molecule has 0 aliphatic rings. The number of carboxylic acids is 1. The van der Waals surface area contributed by atoms with E-state index in [1.165, 1.54) is 0 Å². The van der Waals surface area contributed by atoms with E-state index in [0.29, 0.717) is 13.1 Å². The van der Waals surface area contributed by atoms with Crippen LogP contribution in [0.3, 0.4) is 0 Å². The van der Waals surface area contributed by atoms with Crippen molar-refractivity contribution in [1.82, 2.24) is 4.90 Å². The Morgan fingerprint density at radius 3 is 2.15 bits per heavy atom. The number of hydrogen-bond donors (Lipinski definition) is 1. The van der Waals surface area contributed by atoms with E-state index in [4.69, 9.17) is 0 Å². The highest BCUT2D eigenvalue weighted by Gasteiger charge is 2.28. The predicted octanol–water partition coefficient (Wildman–Crippen LogP) is 2.75. The first-order valence-corrected chi connectivity index (χ1v) is 7.06. The molecule has 1 aromatic rings. The van der Waals surface area contributed by atoms with Crippen LogP contribution >= 0.6 is 0 Å². The van der Waals surface area contributed by atoms with Crippen LogP contribution in [0, 0.1) is 5.92 Å². The molecule has 2 atom stereocenters. The van der Waals surface area contributed by atoms with Crippen LogP contribution in [-0.2, 0) is 9.59 Å². The van der Waals surface area contributed by atoms with Gasteiger partial charge in [0.25, 0.3) is 0 Å². The number of carboxylic acid groups (broad SMARTS) is 1. The SMILES string of the molecule is CCN(CC)C(=O)C[C@H](C)[C@H](C(=O)O)c1ccccc1. The molecule has 0 fully saturated rings. The molecule has 0 aliphatic heterocycles. The Hall–Kier alpha value is -1.84. The van der Waals surface area contributed by atoms with Gasteiger partial charge in [-0.05, 0) is 25.3 Å². The van der Waals surface area contributed by atoms with Gasteiger partial charge in [0.2, 0.25) is 5.91 Å². The van der Waals surface area contributed by atoms with Crippen molar-refractivity contribution in [2.24, 2.45) is 5.92 Å². The minimum Gasteiger partial charge on any atom is -0.481 e. The zero-order valence-electron chi connectivity index (χ0n) is 12.4. The standard InChI is InChI=1S/C16H23NO3/c1-4-17(5-2)14(18)11-12(3)15(16(19)20)13-9-7-6-8-10-13/h6-10,12,15H,4-5,11H2,1-3H3,(H,19,20)/t12-,15-/m0/s1. The van der Waals surface area contributed by atoms with Gasteiger partial charge in [0.15, 0.2) is 0 Å². The Bertz CT molecular complexity index is 440. The van der Waals surface area contributed by atoms with Gasteiger partial charge < -0.3 is 10.0 Å². The monoisotopic (exact) mass is 277 g/mol. The lowest BCUT2D eigenvalue weighted by Crippen LogP contribution is -2.33. The van der Waals surface area contributed by atoms with Crippen molar-refractivity contribution in [1.29, 1.82) is 0 Å². The smallest absolute Gasteiger partial charge is 0.311 e. The fourth-order valence-electron chi connectivity index (χ4n) is 2.47. The molecule has 0 radical (unpaired) electrons. The highest BCUT2D eigenvalue weighted by Crippen LogP contribution is 2.27. The fraction of sp³-hybridized carbons (Fsp3) is 0.500. The fourth-order valence-corrected chi connectivity index (χ4v) is 2.47. The third-order valence-corrected chi connectivity index (χ3v) is 3.61. The van der Waals surface area contributed by atoms with Crippen LogP contribution in [0.5, 0.6) is 0 Å². The van der Waals surface area contributed by atoms with Crippen LogP contribution in [0.15, 0.2) is 30.3 Å². The number of nitrogens with zero attached hydrogens (tertiary/aromatic N) is 1. The Kier molecular flexibility index (Phi) is 6.22. The molecule has 0 heterocycles. The summed E-state index contributed by atoms with van der Waals surface area (Å²) in [7, 11) is 0. The van der Waals surface area contributed by atoms with Crippen molar-refractivity contribution in [3.63, 3.8) is 0 Å². The largest absolute Gasteiger partial charge is 0.481 e. The maximum absolute atomic E-state index is 12.1. The van der Waals surface area contributed by atoms with Gasteiger partial charge in [0, 0.05) is 19.5 Å². The van der Waals surface area contributed by atoms with Gasteiger partial charge in [-0.1, -0.05) is 37.3 Å². The molecule has 0 spiro atoms. The number of aliphatic carboxylic acids is 1. The predicted molar refractivity (Wildman–Crippen MR) is 78.5 cm³/mol. The topological polar surface area (TPSA) is 57.6 Å². The summed E-state index contributed by atoms with van der Waals surface area (Å²) < 4.78 is 0. The van der Waals surface area contributed by atoms with Crippen molar-refractivity contribution >= 4 is 11.9 Å². The first-order valence-electron chi connectivity index (χ1n) is 7.06. The molecule has 0 bridgehead atoms. The van der Waals surface area contributed by atoms with Crippen molar-refractivity contribution in [2.75, 3.05) is 13.1 Å². The Labute approximate surface area is 120 Å². The van der Waals surface area contributed by atoms with E-state index < -0.39 is 11.9 Å². The van der Waals surface area contributed by atoms with E-state index in [-0.39, 0.29) is 18.2 Å². The molecule has 110 valence electrons. The third-order valence-electron chi connectivity index (χ3n) is 3.61. The van der Waals surface area contributed by atoms with Gasteiger partial charge in [0.05, 0.1) is 5.92 Å². The van der Waals surface area contributed by atoms with E-state index in [0.717, 1.165) is 5.56 Å². The quantitative estimate of drug-likeness (QED) is 0.833. The van der Waals surface area contributed by atoms with Gasteiger partial charge in [-0.25, -0.2) is 0 Å². The zero-order valence-corrected chi connectivity index (χ0v) is 12.4. The highest BCUT2D eigenvalue weighted by atomic mass is 16.4. The number of amides is 1. The lowest BCUT2D eigenvalue weighted by atomic mass is 9.85. The highest BCUT2D eigenvalue weighted by molar-refractivity contribution is 5.80. The van der Waals surface area contributed by atoms with Crippen LogP contribution in [0.25, 0.3) is 0 Å². The van der Waals surface area contributed by atoms with Crippen LogP contribution in [0.2, 0.25) is 0 Å². The molecule has 1 N–H and O–H groups in total. The maximum Gasteiger partial charge on any atom is 0.311 e. The van der Waals surface area contributed by atoms with Crippen LogP contribution < -0.4 is 0 Å². The second kappa shape index (κ2) is 7.68. The molecule has 0 saturated heterocycles. The average molecular weight is 277 g/mol. The van der Waals surface area contributed by atoms with Gasteiger partial charge in [-0.15, -0.1) is 0 Å². The minimum absolute atomic E-state index is 0.0182. The van der Waals surface area contributed by atoms with Crippen LogP contribution in [0.4, 0.5) is 0 Å².